The Labute approximate surface area is 152 Å². The van der Waals surface area contributed by atoms with Crippen molar-refractivity contribution in [3.05, 3.63) is 77.8 Å². The maximum atomic E-state index is 11.2. The van der Waals surface area contributed by atoms with Crippen molar-refractivity contribution >= 4 is 5.91 Å². The average molecular weight is 347 g/mol. The molecular weight excluding hydrogens is 326 g/mol. The Balaban J connectivity index is 1.46. The number of hydrogen-bond acceptors (Lipinski definition) is 4. The monoisotopic (exact) mass is 347 g/mol. The quantitative estimate of drug-likeness (QED) is 0.709. The van der Waals surface area contributed by atoms with Gasteiger partial charge in [-0.25, -0.2) is 4.98 Å². The Hall–Kier alpha value is -2.92. The number of hydrogen-bond donors (Lipinski definition) is 1. The van der Waals surface area contributed by atoms with E-state index < -0.39 is 5.91 Å². The van der Waals surface area contributed by atoms with Crippen molar-refractivity contribution < 1.29 is 9.21 Å². The maximum Gasteiger partial charge on any atom is 0.248 e. The molecule has 0 spiro atoms. The lowest BCUT2D eigenvalue weighted by molar-refractivity contribution is 0.100. The fraction of sp³-hybridized carbons (Fsp3) is 0.238. The van der Waals surface area contributed by atoms with Gasteiger partial charge < -0.3 is 10.2 Å². The Morgan fingerprint density at radius 2 is 1.81 bits per heavy atom. The molecule has 1 aliphatic rings. The molecule has 0 radical (unpaired) electrons. The molecule has 0 aliphatic heterocycles. The third-order valence-electron chi connectivity index (χ3n) is 4.64. The molecular formula is C21H21N3O2. The number of carbonyl (C=O) groups is 1. The van der Waals surface area contributed by atoms with Gasteiger partial charge in [-0.15, -0.1) is 0 Å². The Morgan fingerprint density at radius 3 is 2.46 bits per heavy atom. The van der Waals surface area contributed by atoms with Gasteiger partial charge in [-0.2, -0.15) is 0 Å². The largest absolute Gasteiger partial charge is 0.439 e. The van der Waals surface area contributed by atoms with Crippen LogP contribution in [0.1, 0.15) is 34.7 Å². The van der Waals surface area contributed by atoms with Crippen LogP contribution in [0.15, 0.2) is 65.2 Å². The number of nitrogens with zero attached hydrogens (tertiary/aromatic N) is 2. The van der Waals surface area contributed by atoms with Gasteiger partial charge in [0.05, 0.1) is 12.7 Å². The number of rotatable bonds is 7. The van der Waals surface area contributed by atoms with E-state index in [1.165, 1.54) is 12.8 Å². The average Bonchev–Trinajstić information content (AvgIpc) is 3.41. The molecule has 0 atom stereocenters. The molecule has 0 unspecified atom stereocenters. The Bertz CT molecular complexity index is 883. The third kappa shape index (κ3) is 3.83. The molecule has 5 heteroatoms. The van der Waals surface area contributed by atoms with Crippen LogP contribution in [0.4, 0.5) is 0 Å². The molecule has 0 bridgehead atoms. The van der Waals surface area contributed by atoms with Gasteiger partial charge in [0.2, 0.25) is 11.8 Å². The summed E-state index contributed by atoms with van der Waals surface area (Å²) >= 11 is 0. The highest BCUT2D eigenvalue weighted by Crippen LogP contribution is 2.30. The van der Waals surface area contributed by atoms with Crippen LogP contribution in [0.2, 0.25) is 0 Å². The molecule has 4 rings (SSSR count). The molecule has 5 nitrogen and oxygen atoms in total. The smallest absolute Gasteiger partial charge is 0.248 e. The molecule has 1 saturated carbocycles. The number of oxazole rings is 1. The highest BCUT2D eigenvalue weighted by Gasteiger charge is 2.30. The number of benzene rings is 2. The van der Waals surface area contributed by atoms with Gasteiger partial charge in [0.25, 0.3) is 0 Å². The van der Waals surface area contributed by atoms with Crippen molar-refractivity contribution in [2.24, 2.45) is 5.73 Å². The van der Waals surface area contributed by atoms with Gasteiger partial charge in [-0.3, -0.25) is 9.69 Å². The zero-order valence-corrected chi connectivity index (χ0v) is 14.5. The van der Waals surface area contributed by atoms with Crippen molar-refractivity contribution in [3.8, 4) is 11.3 Å². The van der Waals surface area contributed by atoms with Gasteiger partial charge in [0, 0.05) is 23.7 Å². The normalized spacial score (nSPS) is 13.9. The minimum atomic E-state index is -0.399. The first-order valence-electron chi connectivity index (χ1n) is 8.82. The van der Waals surface area contributed by atoms with E-state index in [0.29, 0.717) is 18.2 Å². The van der Waals surface area contributed by atoms with E-state index in [9.17, 15) is 4.79 Å². The molecule has 0 saturated heterocycles. The van der Waals surface area contributed by atoms with E-state index in [4.69, 9.17) is 10.2 Å². The number of carbonyl (C=O) groups excluding carboxylic acids is 1. The second kappa shape index (κ2) is 7.14. The Morgan fingerprint density at radius 1 is 1.08 bits per heavy atom. The summed E-state index contributed by atoms with van der Waals surface area (Å²) in [5, 5.41) is 0. The fourth-order valence-electron chi connectivity index (χ4n) is 3.06. The number of aromatic nitrogens is 1. The van der Waals surface area contributed by atoms with Gasteiger partial charge in [0.15, 0.2) is 5.76 Å². The minimum absolute atomic E-state index is 0.399. The van der Waals surface area contributed by atoms with Crippen molar-refractivity contribution in [1.82, 2.24) is 9.88 Å². The van der Waals surface area contributed by atoms with Gasteiger partial charge >= 0.3 is 0 Å². The maximum absolute atomic E-state index is 11.2. The molecule has 1 heterocycles. The lowest BCUT2D eigenvalue weighted by Crippen LogP contribution is -2.25. The molecule has 3 aromatic rings. The van der Waals surface area contributed by atoms with E-state index in [1.807, 2.05) is 42.5 Å². The predicted molar refractivity (Wildman–Crippen MR) is 99.2 cm³/mol. The van der Waals surface area contributed by atoms with Crippen LogP contribution in [0.3, 0.4) is 0 Å². The highest BCUT2D eigenvalue weighted by atomic mass is 16.4. The van der Waals surface area contributed by atoms with Crippen LogP contribution < -0.4 is 5.73 Å². The molecule has 1 amide bonds. The fourth-order valence-corrected chi connectivity index (χ4v) is 3.06. The van der Waals surface area contributed by atoms with Gasteiger partial charge in [-0.1, -0.05) is 42.5 Å². The molecule has 26 heavy (non-hydrogen) atoms. The molecule has 132 valence electrons. The summed E-state index contributed by atoms with van der Waals surface area (Å²) in [6, 6.07) is 18.0. The number of nitrogens with two attached hydrogens (primary N) is 1. The van der Waals surface area contributed by atoms with E-state index >= 15 is 0 Å². The summed E-state index contributed by atoms with van der Waals surface area (Å²) in [7, 11) is 0. The number of amides is 1. The Kier molecular flexibility index (Phi) is 4.54. The van der Waals surface area contributed by atoms with E-state index in [1.54, 1.807) is 18.3 Å². The summed E-state index contributed by atoms with van der Waals surface area (Å²) in [6.45, 7) is 1.47. The van der Waals surface area contributed by atoms with E-state index in [0.717, 1.165) is 29.3 Å². The highest BCUT2D eigenvalue weighted by molar-refractivity contribution is 5.92. The molecule has 2 aromatic carbocycles. The van der Waals surface area contributed by atoms with Gasteiger partial charge in [0.1, 0.15) is 0 Å². The molecule has 2 N–H and O–H groups in total. The van der Waals surface area contributed by atoms with Crippen LogP contribution in [0.25, 0.3) is 11.3 Å². The lowest BCUT2D eigenvalue weighted by Gasteiger charge is -2.20. The summed E-state index contributed by atoms with van der Waals surface area (Å²) in [4.78, 5) is 18.0. The summed E-state index contributed by atoms with van der Waals surface area (Å²) in [5.41, 5.74) is 8.02. The second-order valence-electron chi connectivity index (χ2n) is 6.68. The molecule has 1 aromatic heterocycles. The van der Waals surface area contributed by atoms with E-state index in [-0.39, 0.29) is 0 Å². The van der Waals surface area contributed by atoms with Crippen LogP contribution in [-0.2, 0) is 13.1 Å². The summed E-state index contributed by atoms with van der Waals surface area (Å²) < 4.78 is 5.95. The minimum Gasteiger partial charge on any atom is -0.439 e. The second-order valence-corrected chi connectivity index (χ2v) is 6.68. The topological polar surface area (TPSA) is 72.4 Å². The van der Waals surface area contributed by atoms with Gasteiger partial charge in [-0.05, 0) is 30.5 Å². The zero-order chi connectivity index (χ0) is 17.9. The first-order chi connectivity index (χ1) is 12.7. The zero-order valence-electron chi connectivity index (χ0n) is 14.5. The van der Waals surface area contributed by atoms with Crippen molar-refractivity contribution in [2.45, 2.75) is 32.0 Å². The molecule has 1 aliphatic carbocycles. The predicted octanol–water partition coefficient (Wildman–Crippen LogP) is 3.61. The first-order valence-corrected chi connectivity index (χ1v) is 8.82. The summed E-state index contributed by atoms with van der Waals surface area (Å²) in [6.07, 6.45) is 4.19. The van der Waals surface area contributed by atoms with Crippen LogP contribution in [-0.4, -0.2) is 21.8 Å². The molecule has 1 fully saturated rings. The standard InChI is InChI=1S/C21H21N3O2/c22-21(25)17-8-6-15(7-9-17)13-24(18-10-11-18)14-20-23-12-19(26-20)16-4-2-1-3-5-16/h1-9,12,18H,10-11,13-14H2,(H2,22,25). The first kappa shape index (κ1) is 16.5. The number of primary amides is 1. The van der Waals surface area contributed by atoms with E-state index in [2.05, 4.69) is 9.88 Å². The van der Waals surface area contributed by atoms with Crippen molar-refractivity contribution in [3.63, 3.8) is 0 Å². The lowest BCUT2D eigenvalue weighted by atomic mass is 10.1. The SMILES string of the molecule is NC(=O)c1ccc(CN(Cc2ncc(-c3ccccc3)o2)C2CC2)cc1. The van der Waals surface area contributed by atoms with Crippen molar-refractivity contribution in [2.75, 3.05) is 0 Å². The van der Waals surface area contributed by atoms with Crippen LogP contribution >= 0.6 is 0 Å². The third-order valence-corrected chi connectivity index (χ3v) is 4.64. The van der Waals surface area contributed by atoms with Crippen LogP contribution in [0, 0.1) is 0 Å². The summed E-state index contributed by atoms with van der Waals surface area (Å²) in [5.74, 6) is 1.12. The van der Waals surface area contributed by atoms with Crippen molar-refractivity contribution in [1.29, 1.82) is 0 Å². The van der Waals surface area contributed by atoms with Crippen LogP contribution in [0.5, 0.6) is 0 Å².